The second-order valence-corrected chi connectivity index (χ2v) is 8.40. The van der Waals surface area contributed by atoms with Gasteiger partial charge in [0, 0.05) is 12.6 Å². The first-order valence-corrected chi connectivity index (χ1v) is 11.1. The molecule has 1 saturated carbocycles. The zero-order chi connectivity index (χ0) is 19.2. The summed E-state index contributed by atoms with van der Waals surface area (Å²) in [4.78, 5) is 15.3. The zero-order valence-corrected chi connectivity index (χ0v) is 16.8. The van der Waals surface area contributed by atoms with Crippen LogP contribution in [-0.4, -0.2) is 38.4 Å². The molecule has 2 aromatic rings. The molecule has 2 fully saturated rings. The maximum atomic E-state index is 13.2. The van der Waals surface area contributed by atoms with Crippen molar-refractivity contribution in [2.75, 3.05) is 6.54 Å². The largest absolute Gasteiger partial charge is 0.334 e. The van der Waals surface area contributed by atoms with Gasteiger partial charge >= 0.3 is 0 Å². The molecule has 2 aliphatic rings. The molecule has 28 heavy (non-hydrogen) atoms. The van der Waals surface area contributed by atoms with E-state index in [2.05, 4.69) is 45.5 Å². The van der Waals surface area contributed by atoms with Crippen molar-refractivity contribution in [3.05, 3.63) is 47.8 Å². The first-order chi connectivity index (χ1) is 13.8. The lowest BCUT2D eigenvalue weighted by Gasteiger charge is -2.35. The molecule has 0 radical (unpaired) electrons. The average Bonchev–Trinajstić information content (AvgIpc) is 3.08. The zero-order valence-electron chi connectivity index (χ0n) is 16.8. The summed E-state index contributed by atoms with van der Waals surface area (Å²) in [5, 5.41) is 8.61. The Morgan fingerprint density at radius 3 is 2.50 bits per heavy atom. The Morgan fingerprint density at radius 2 is 1.71 bits per heavy atom. The summed E-state index contributed by atoms with van der Waals surface area (Å²) in [7, 11) is 0. The van der Waals surface area contributed by atoms with Crippen LogP contribution in [0, 0.1) is 0 Å². The van der Waals surface area contributed by atoms with Gasteiger partial charge in [0.1, 0.15) is 0 Å². The number of amides is 1. The van der Waals surface area contributed by atoms with E-state index in [1.54, 1.807) is 0 Å². The van der Waals surface area contributed by atoms with Crippen LogP contribution < -0.4 is 0 Å². The van der Waals surface area contributed by atoms with Crippen LogP contribution in [0.15, 0.2) is 36.5 Å². The van der Waals surface area contributed by atoms with E-state index in [1.807, 2.05) is 10.9 Å². The van der Waals surface area contributed by atoms with E-state index in [4.69, 9.17) is 0 Å². The molecule has 1 aromatic carbocycles. The molecular formula is C23H32N4O. The summed E-state index contributed by atoms with van der Waals surface area (Å²) in [6.45, 7) is 0.842. The van der Waals surface area contributed by atoms with Crippen molar-refractivity contribution in [3.63, 3.8) is 0 Å². The Labute approximate surface area is 168 Å². The highest BCUT2D eigenvalue weighted by molar-refractivity contribution is 5.92. The smallest absolute Gasteiger partial charge is 0.276 e. The normalized spacial score (nSPS) is 21.4. The first-order valence-electron chi connectivity index (χ1n) is 11.1. The lowest BCUT2D eigenvalue weighted by Crippen LogP contribution is -2.44. The maximum Gasteiger partial charge on any atom is 0.276 e. The van der Waals surface area contributed by atoms with Gasteiger partial charge < -0.3 is 4.90 Å². The van der Waals surface area contributed by atoms with E-state index in [1.165, 1.54) is 37.7 Å². The molecule has 0 bridgehead atoms. The number of nitrogens with zero attached hydrogens (tertiary/aromatic N) is 4. The Kier molecular flexibility index (Phi) is 6.40. The summed E-state index contributed by atoms with van der Waals surface area (Å²) in [6.07, 6.45) is 14.8. The predicted molar refractivity (Wildman–Crippen MR) is 110 cm³/mol. The minimum Gasteiger partial charge on any atom is -0.334 e. The highest BCUT2D eigenvalue weighted by Gasteiger charge is 2.29. The standard InChI is InChI=1S/C23H32N4O/c28-23(22-18-27(25-24-22)21-13-6-1-2-7-14-21)26-17-9-8-12-20(26)16-15-19-10-4-3-5-11-19/h3-5,10-11,18,20-21H,1-2,6-9,12-17H2. The molecule has 0 spiro atoms. The third-order valence-electron chi connectivity index (χ3n) is 6.43. The highest BCUT2D eigenvalue weighted by Crippen LogP contribution is 2.27. The van der Waals surface area contributed by atoms with Crippen LogP contribution in [0.25, 0.3) is 0 Å². The van der Waals surface area contributed by atoms with E-state index in [0.717, 1.165) is 45.1 Å². The molecule has 1 aliphatic carbocycles. The molecule has 5 nitrogen and oxygen atoms in total. The lowest BCUT2D eigenvalue weighted by molar-refractivity contribution is 0.0595. The van der Waals surface area contributed by atoms with Gasteiger partial charge in [-0.2, -0.15) is 0 Å². The molecular weight excluding hydrogens is 348 g/mol. The van der Waals surface area contributed by atoms with Crippen LogP contribution in [0.3, 0.4) is 0 Å². The first kappa shape index (κ1) is 19.2. The molecule has 0 N–H and O–H groups in total. The van der Waals surface area contributed by atoms with Crippen molar-refractivity contribution in [1.82, 2.24) is 19.9 Å². The molecule has 5 heteroatoms. The molecule has 1 unspecified atom stereocenters. The fourth-order valence-electron chi connectivity index (χ4n) is 4.77. The topological polar surface area (TPSA) is 51.0 Å². The number of hydrogen-bond donors (Lipinski definition) is 0. The van der Waals surface area contributed by atoms with E-state index in [-0.39, 0.29) is 5.91 Å². The third kappa shape index (κ3) is 4.62. The lowest BCUT2D eigenvalue weighted by atomic mass is 9.95. The third-order valence-corrected chi connectivity index (χ3v) is 6.43. The number of hydrogen-bond acceptors (Lipinski definition) is 3. The van der Waals surface area contributed by atoms with Crippen molar-refractivity contribution in [2.24, 2.45) is 0 Å². The number of carbonyl (C=O) groups is 1. The number of benzene rings is 1. The Hall–Kier alpha value is -2.17. The van der Waals surface area contributed by atoms with Gasteiger partial charge in [-0.3, -0.25) is 4.79 Å². The second-order valence-electron chi connectivity index (χ2n) is 8.40. The van der Waals surface area contributed by atoms with Crippen molar-refractivity contribution in [2.45, 2.75) is 82.7 Å². The molecule has 1 saturated heterocycles. The number of carbonyl (C=O) groups excluding carboxylic acids is 1. The summed E-state index contributed by atoms with van der Waals surface area (Å²) < 4.78 is 1.96. The van der Waals surface area contributed by atoms with Crippen LogP contribution in [0.2, 0.25) is 0 Å². The monoisotopic (exact) mass is 380 g/mol. The minimum atomic E-state index is 0.0673. The van der Waals surface area contributed by atoms with Crippen molar-refractivity contribution >= 4 is 5.91 Å². The Balaban J connectivity index is 1.41. The van der Waals surface area contributed by atoms with Gasteiger partial charge in [-0.25, -0.2) is 4.68 Å². The van der Waals surface area contributed by atoms with E-state index >= 15 is 0 Å². The van der Waals surface area contributed by atoms with Crippen molar-refractivity contribution < 1.29 is 4.79 Å². The Bertz CT molecular complexity index is 749. The molecule has 4 rings (SSSR count). The molecule has 1 atom stereocenters. The van der Waals surface area contributed by atoms with Crippen LogP contribution in [0.1, 0.15) is 86.3 Å². The van der Waals surface area contributed by atoms with Gasteiger partial charge in [0.25, 0.3) is 5.91 Å². The molecule has 150 valence electrons. The van der Waals surface area contributed by atoms with Crippen molar-refractivity contribution in [1.29, 1.82) is 0 Å². The summed E-state index contributed by atoms with van der Waals surface area (Å²) in [6, 6.07) is 11.3. The average molecular weight is 381 g/mol. The van der Waals surface area contributed by atoms with E-state index in [9.17, 15) is 4.79 Å². The van der Waals surface area contributed by atoms with Crippen LogP contribution in [-0.2, 0) is 6.42 Å². The quantitative estimate of drug-likeness (QED) is 0.700. The molecule has 1 amide bonds. The van der Waals surface area contributed by atoms with E-state index in [0.29, 0.717) is 17.8 Å². The molecule has 1 aliphatic heterocycles. The van der Waals surface area contributed by atoms with Gasteiger partial charge in [-0.15, -0.1) is 5.10 Å². The second kappa shape index (κ2) is 9.35. The fraction of sp³-hybridized carbons (Fsp3) is 0.609. The Morgan fingerprint density at radius 1 is 0.964 bits per heavy atom. The van der Waals surface area contributed by atoms with Gasteiger partial charge in [0.2, 0.25) is 0 Å². The summed E-state index contributed by atoms with van der Waals surface area (Å²) in [5.41, 5.74) is 1.87. The predicted octanol–water partition coefficient (Wildman–Crippen LogP) is 4.80. The summed E-state index contributed by atoms with van der Waals surface area (Å²) >= 11 is 0. The van der Waals surface area contributed by atoms with Gasteiger partial charge in [0.05, 0.1) is 12.2 Å². The number of aromatic nitrogens is 3. The number of piperidine rings is 1. The van der Waals surface area contributed by atoms with E-state index < -0.39 is 0 Å². The minimum absolute atomic E-state index is 0.0673. The maximum absolute atomic E-state index is 13.2. The fourth-order valence-corrected chi connectivity index (χ4v) is 4.77. The van der Waals surface area contributed by atoms with Crippen LogP contribution >= 0.6 is 0 Å². The SMILES string of the molecule is O=C(c1cn(C2CCCCCC2)nn1)N1CCCCC1CCc1ccccc1. The number of likely N-dealkylation sites (tertiary alicyclic amines) is 1. The van der Waals surface area contributed by atoms with Crippen LogP contribution in [0.5, 0.6) is 0 Å². The number of aryl methyl sites for hydroxylation is 1. The van der Waals surface area contributed by atoms with Crippen LogP contribution in [0.4, 0.5) is 0 Å². The van der Waals surface area contributed by atoms with Gasteiger partial charge in [0.15, 0.2) is 5.69 Å². The summed E-state index contributed by atoms with van der Waals surface area (Å²) in [5.74, 6) is 0.0673. The van der Waals surface area contributed by atoms with Crippen molar-refractivity contribution in [3.8, 4) is 0 Å². The molecule has 1 aromatic heterocycles. The molecule has 2 heterocycles. The number of rotatable bonds is 5. The van der Waals surface area contributed by atoms with Gasteiger partial charge in [-0.05, 0) is 50.5 Å². The van der Waals surface area contributed by atoms with Gasteiger partial charge in [-0.1, -0.05) is 61.2 Å². The highest BCUT2D eigenvalue weighted by atomic mass is 16.2.